The summed E-state index contributed by atoms with van der Waals surface area (Å²) < 4.78 is 138. The number of phenolic OH excluding ortho intramolecular Hbond substituents is 1. The third-order valence-electron chi connectivity index (χ3n) is 6.99. The highest BCUT2D eigenvalue weighted by molar-refractivity contribution is 7.95. The smallest absolute Gasteiger partial charge is 0.296 e. The Morgan fingerprint density at radius 1 is 0.695 bits per heavy atom. The van der Waals surface area contributed by atoms with Gasteiger partial charge in [0, 0.05) is 5.41 Å². The Balaban J connectivity index is 1.91. The summed E-state index contributed by atoms with van der Waals surface area (Å²) in [6.45, 7) is 2.74. The van der Waals surface area contributed by atoms with E-state index in [2.05, 4.69) is 55.2 Å². The first-order valence-corrected chi connectivity index (χ1v) is 22.8. The predicted octanol–water partition coefficient (Wildman–Crippen LogP) is 6.00. The number of aromatic hydroxyl groups is 1. The molecular weight excluding hydrogens is 943 g/mol. The summed E-state index contributed by atoms with van der Waals surface area (Å²) in [5, 5.41) is 62.2. The lowest BCUT2D eigenvalue weighted by molar-refractivity contribution is -0.434. The fourth-order valence-electron chi connectivity index (χ4n) is 4.51. The molecule has 0 aromatic heterocycles. The highest BCUT2D eigenvalue weighted by Crippen LogP contribution is 2.50. The molecule has 33 heteroatoms. The molecule has 4 aromatic carbocycles. The van der Waals surface area contributed by atoms with Crippen LogP contribution >= 0.6 is 36.4 Å². The number of nitrogen functional groups attached to an aromatic ring is 1. The van der Waals surface area contributed by atoms with Gasteiger partial charge in [0.1, 0.15) is 26.9 Å². The number of anilines is 1. The Morgan fingerprint density at radius 2 is 1.24 bits per heavy atom. The van der Waals surface area contributed by atoms with Gasteiger partial charge in [-0.1, -0.05) is 21.7 Å². The number of fused-ring (bicyclic) bond motifs is 1. The Morgan fingerprint density at radius 3 is 1.80 bits per heavy atom. The Bertz CT molecular complexity index is 2740. The average molecular weight is 966 g/mol. The first-order chi connectivity index (χ1) is 27.7. The molecule has 0 aliphatic heterocycles. The van der Waals surface area contributed by atoms with Crippen molar-refractivity contribution in [2.45, 2.75) is 29.4 Å². The molecule has 0 saturated carbocycles. The van der Waals surface area contributed by atoms with Crippen LogP contribution in [0.2, 0.25) is 0 Å². The van der Waals surface area contributed by atoms with Crippen LogP contribution in [0.1, 0.15) is 0 Å². The van der Waals surface area contributed by atoms with Gasteiger partial charge in [-0.25, -0.2) is 32.6 Å². The van der Waals surface area contributed by atoms with Crippen molar-refractivity contribution in [3.05, 3.63) is 60.5 Å². The number of azo groups is 2. The van der Waals surface area contributed by atoms with Crippen LogP contribution in [-0.2, 0) is 72.2 Å². The van der Waals surface area contributed by atoms with Crippen LogP contribution in [0.5, 0.6) is 5.75 Å². The fourth-order valence-corrected chi connectivity index (χ4v) is 9.23. The number of hydrogen-bond donors (Lipinski definition) is 7. The average Bonchev–Trinajstić information content (AvgIpc) is 3.17. The SMILES string of the molecule is C=CS(=O)(=O)c1cc(SOOO)c(N=Nc2c(S(=O)(=O)O)cc3cc(SOOO)c(N=Nc4ccc(S(=O)(=O)CCOSOOO)cc4)c(N)c3c2O)c(S(=O)(=O)O)c1. The van der Waals surface area contributed by atoms with Crippen molar-refractivity contribution in [1.82, 2.24) is 0 Å². The van der Waals surface area contributed by atoms with Crippen molar-refractivity contribution in [2.75, 3.05) is 18.1 Å². The fraction of sp³-hybridized carbons (Fsp3) is 0.0769. The van der Waals surface area contributed by atoms with E-state index in [4.69, 9.17) is 25.7 Å². The van der Waals surface area contributed by atoms with Gasteiger partial charge in [-0.15, -0.1) is 28.3 Å². The normalized spacial score (nSPS) is 12.9. The Hall–Kier alpha value is -3.95. The van der Waals surface area contributed by atoms with E-state index >= 15 is 0 Å². The molecule has 0 fully saturated rings. The molecular formula is C26H23N5O21S7. The van der Waals surface area contributed by atoms with Gasteiger partial charge in [-0.2, -0.15) is 21.9 Å². The van der Waals surface area contributed by atoms with Gasteiger partial charge in [0.15, 0.2) is 37.7 Å². The first kappa shape index (κ1) is 47.7. The third kappa shape index (κ3) is 11.9. The van der Waals surface area contributed by atoms with Gasteiger partial charge >= 0.3 is 0 Å². The lowest BCUT2D eigenvalue weighted by atomic mass is 10.1. The van der Waals surface area contributed by atoms with Crippen LogP contribution in [0.25, 0.3) is 10.8 Å². The summed E-state index contributed by atoms with van der Waals surface area (Å²) in [5.74, 6) is -1.68. The molecule has 0 saturated heterocycles. The largest absolute Gasteiger partial charge is 0.505 e. The summed E-state index contributed by atoms with van der Waals surface area (Å²) in [6, 6.07) is 7.67. The van der Waals surface area contributed by atoms with Gasteiger partial charge in [0.2, 0.25) is 0 Å². The molecule has 0 amide bonds. The monoisotopic (exact) mass is 965 g/mol. The summed E-state index contributed by atoms with van der Waals surface area (Å²) in [4.78, 5) is -4.29. The summed E-state index contributed by atoms with van der Waals surface area (Å²) >= 11 is 0.348. The molecule has 4 aromatic rings. The van der Waals surface area contributed by atoms with Crippen molar-refractivity contribution in [3.63, 3.8) is 0 Å². The standard InChI is InChI=1S/C26H23N5O21S7/c1-2-56(36,37)16-11-18(54-51-48-34)23(20(12-16)59(43,44)45)29-31-25-19(58(40,41)42)10-13-9-17(53-50-47-33)24(22(27)21(13)26(25)32)30-28-14-3-5-15(6-4-14)57(38,39)8-7-46-55-52-49-35/h2-6,9-12,32-35H,1,7-8,27H2,(H,40,41,42)(H,43,44,45). The Labute approximate surface area is 343 Å². The van der Waals surface area contributed by atoms with Crippen LogP contribution in [0, 0.1) is 0 Å². The molecule has 8 N–H and O–H groups in total. The lowest BCUT2D eigenvalue weighted by Gasteiger charge is -2.14. The number of nitrogens with two attached hydrogens (primary N) is 1. The van der Waals surface area contributed by atoms with Crippen LogP contribution in [-0.4, -0.2) is 76.0 Å². The summed E-state index contributed by atoms with van der Waals surface area (Å²) in [7, 11) is -19.1. The maximum absolute atomic E-state index is 12.6. The minimum atomic E-state index is -5.42. The summed E-state index contributed by atoms with van der Waals surface area (Å²) in [6.07, 6.45) is 0. The minimum Gasteiger partial charge on any atom is -0.505 e. The number of nitrogens with zero attached hydrogens (tertiary/aromatic N) is 4. The minimum absolute atomic E-state index is 0.0188. The number of sulfone groups is 2. The van der Waals surface area contributed by atoms with E-state index in [-0.39, 0.29) is 69.6 Å². The van der Waals surface area contributed by atoms with Gasteiger partial charge in [0.05, 0.1) is 72.8 Å². The van der Waals surface area contributed by atoms with Crippen molar-refractivity contribution >= 4 is 116 Å². The molecule has 0 bridgehead atoms. The van der Waals surface area contributed by atoms with Crippen molar-refractivity contribution in [1.29, 1.82) is 0 Å². The molecule has 0 spiro atoms. The molecule has 320 valence electrons. The van der Waals surface area contributed by atoms with E-state index in [0.29, 0.717) is 23.6 Å². The lowest BCUT2D eigenvalue weighted by Crippen LogP contribution is -2.10. The number of rotatable bonds is 21. The van der Waals surface area contributed by atoms with Crippen molar-refractivity contribution in [3.8, 4) is 5.75 Å². The third-order valence-corrected chi connectivity index (χ3v) is 13.4. The molecule has 4 rings (SSSR count). The van der Waals surface area contributed by atoms with E-state index in [1.165, 1.54) is 24.3 Å². The maximum atomic E-state index is 12.6. The Kier molecular flexibility index (Phi) is 16.2. The highest BCUT2D eigenvalue weighted by atomic mass is 32.2. The maximum Gasteiger partial charge on any atom is 0.296 e. The highest BCUT2D eigenvalue weighted by Gasteiger charge is 2.28. The van der Waals surface area contributed by atoms with E-state index in [0.717, 1.165) is 6.07 Å². The molecule has 0 radical (unpaired) electrons. The second-order valence-electron chi connectivity index (χ2n) is 10.4. The second-order valence-corrected chi connectivity index (χ2v) is 19.2. The van der Waals surface area contributed by atoms with Crippen molar-refractivity contribution in [2.24, 2.45) is 20.5 Å². The van der Waals surface area contributed by atoms with Crippen LogP contribution in [0.15, 0.2) is 110 Å². The van der Waals surface area contributed by atoms with Gasteiger partial charge in [-0.3, -0.25) is 13.3 Å². The topological polar surface area (TPSA) is 398 Å². The number of hydrogen-bond acceptors (Lipinski definition) is 27. The molecule has 0 unspecified atom stereocenters. The van der Waals surface area contributed by atoms with Crippen LogP contribution in [0.4, 0.5) is 28.4 Å². The number of benzene rings is 4. The predicted molar refractivity (Wildman–Crippen MR) is 200 cm³/mol. The zero-order chi connectivity index (χ0) is 43.8. The molecule has 0 aliphatic rings. The second kappa shape index (κ2) is 20.1. The van der Waals surface area contributed by atoms with E-state index < -0.39 is 93.4 Å². The zero-order valence-electron chi connectivity index (χ0n) is 28.3. The van der Waals surface area contributed by atoms with Gasteiger partial charge in [0.25, 0.3) is 20.2 Å². The summed E-state index contributed by atoms with van der Waals surface area (Å²) in [5.41, 5.74) is 3.36. The molecule has 0 heterocycles. The van der Waals surface area contributed by atoms with E-state index in [1.54, 1.807) is 0 Å². The van der Waals surface area contributed by atoms with Gasteiger partial charge < -0.3 is 10.8 Å². The van der Waals surface area contributed by atoms with Crippen LogP contribution < -0.4 is 5.73 Å². The molecule has 0 aliphatic carbocycles. The van der Waals surface area contributed by atoms with E-state index in [1.807, 2.05) is 0 Å². The molecule has 0 atom stereocenters. The molecule has 26 nitrogen and oxygen atoms in total. The van der Waals surface area contributed by atoms with Crippen LogP contribution in [0.3, 0.4) is 0 Å². The zero-order valence-corrected chi connectivity index (χ0v) is 34.1. The quantitative estimate of drug-likeness (QED) is 0.00957. The van der Waals surface area contributed by atoms with Gasteiger partial charge in [-0.05, 0) is 53.9 Å². The van der Waals surface area contributed by atoms with E-state index in [9.17, 15) is 47.9 Å². The first-order valence-electron chi connectivity index (χ1n) is 14.5. The van der Waals surface area contributed by atoms with Crippen molar-refractivity contribution < 1.29 is 96.0 Å². The molecule has 59 heavy (non-hydrogen) atoms. The number of phenols is 1.